The van der Waals surface area contributed by atoms with Crippen LogP contribution < -0.4 is 14.8 Å². The molecule has 1 aliphatic heterocycles. The van der Waals surface area contributed by atoms with E-state index in [0.717, 1.165) is 53.9 Å². The molecule has 178 valence electrons. The summed E-state index contributed by atoms with van der Waals surface area (Å²) in [5.74, 6) is 0.359. The van der Waals surface area contributed by atoms with Crippen LogP contribution in [0.4, 0.5) is 5.13 Å². The molecule has 0 bridgehead atoms. The van der Waals surface area contributed by atoms with Crippen LogP contribution in [0, 0.1) is 6.92 Å². The largest absolute Gasteiger partial charge is 0.487 e. The van der Waals surface area contributed by atoms with Gasteiger partial charge in [-0.2, -0.15) is 0 Å². The minimum atomic E-state index is -3.96. The summed E-state index contributed by atoms with van der Waals surface area (Å²) in [5, 5.41) is 10.5. The standard InChI is InChI=1S/C24H26N4O4S2/c1-16-9-11-17(12-10-16)21(29)25-22-26-27-23(33-22)34(30,31)28-19-15-24(13-5-2-6-14-24)32-20-8-4-3-7-18(19)20/h3-4,7-12,19,28H,2,5-6,13-15H2,1H3,(H,25,26,29)/t19-/m0/s1. The van der Waals surface area contributed by atoms with E-state index in [4.69, 9.17) is 4.74 Å². The number of ether oxygens (including phenoxy) is 1. The first-order valence-electron chi connectivity index (χ1n) is 11.4. The molecule has 0 saturated heterocycles. The molecule has 0 unspecified atom stereocenters. The van der Waals surface area contributed by atoms with E-state index in [2.05, 4.69) is 20.2 Å². The van der Waals surface area contributed by atoms with Crippen LogP contribution in [0.2, 0.25) is 0 Å². The van der Waals surface area contributed by atoms with E-state index in [0.29, 0.717) is 12.0 Å². The van der Waals surface area contributed by atoms with E-state index < -0.39 is 16.1 Å². The number of carbonyl (C=O) groups excluding carboxylic acids is 1. The summed E-state index contributed by atoms with van der Waals surface area (Å²) in [6.45, 7) is 1.93. The number of rotatable bonds is 5. The third-order valence-electron chi connectivity index (χ3n) is 6.43. The van der Waals surface area contributed by atoms with Gasteiger partial charge in [0.2, 0.25) is 9.47 Å². The topological polar surface area (TPSA) is 110 Å². The van der Waals surface area contributed by atoms with Gasteiger partial charge in [-0.05, 0) is 50.8 Å². The first-order valence-corrected chi connectivity index (χ1v) is 13.7. The molecule has 2 aliphatic rings. The second kappa shape index (κ2) is 9.09. The second-order valence-corrected chi connectivity index (χ2v) is 11.8. The number of aryl methyl sites for hydroxylation is 1. The number of nitrogens with zero attached hydrogens (tertiary/aromatic N) is 2. The summed E-state index contributed by atoms with van der Waals surface area (Å²) in [6.07, 6.45) is 5.70. The van der Waals surface area contributed by atoms with Gasteiger partial charge in [-0.3, -0.25) is 10.1 Å². The van der Waals surface area contributed by atoms with Gasteiger partial charge in [0.05, 0.1) is 6.04 Å². The molecule has 2 heterocycles. The maximum atomic E-state index is 13.2. The van der Waals surface area contributed by atoms with E-state index in [1.165, 1.54) is 6.42 Å². The fourth-order valence-corrected chi connectivity index (χ4v) is 6.83. The van der Waals surface area contributed by atoms with E-state index >= 15 is 0 Å². The number of amides is 1. The lowest BCUT2D eigenvalue weighted by atomic mass is 9.77. The van der Waals surface area contributed by atoms with Crippen LogP contribution in [0.1, 0.15) is 66.1 Å². The fourth-order valence-electron chi connectivity index (χ4n) is 4.71. The third kappa shape index (κ3) is 4.70. The van der Waals surface area contributed by atoms with Gasteiger partial charge in [0.25, 0.3) is 15.9 Å². The average molecular weight is 499 g/mol. The van der Waals surface area contributed by atoms with Crippen LogP contribution >= 0.6 is 11.3 Å². The lowest BCUT2D eigenvalue weighted by Gasteiger charge is -2.44. The average Bonchev–Trinajstić information content (AvgIpc) is 3.29. The lowest BCUT2D eigenvalue weighted by Crippen LogP contribution is -2.46. The Hall–Kier alpha value is -2.82. The molecular formula is C24H26N4O4S2. The second-order valence-electron chi connectivity index (χ2n) is 8.95. The molecule has 1 atom stereocenters. The number of hydrogen-bond donors (Lipinski definition) is 2. The third-order valence-corrected chi connectivity index (χ3v) is 9.11. The number of nitrogens with one attached hydrogen (secondary N) is 2. The first kappa shape index (κ1) is 22.9. The number of hydrogen-bond acceptors (Lipinski definition) is 7. The maximum absolute atomic E-state index is 13.2. The lowest BCUT2D eigenvalue weighted by molar-refractivity contribution is 0.0000716. The minimum absolute atomic E-state index is 0.127. The van der Waals surface area contributed by atoms with Gasteiger partial charge in [0.15, 0.2) is 0 Å². The zero-order chi connectivity index (χ0) is 23.8. The summed E-state index contributed by atoms with van der Waals surface area (Å²) >= 11 is 0.827. The predicted molar refractivity (Wildman–Crippen MR) is 130 cm³/mol. The van der Waals surface area contributed by atoms with Crippen LogP contribution in [-0.4, -0.2) is 30.1 Å². The Balaban J connectivity index is 1.35. The maximum Gasteiger partial charge on any atom is 0.270 e. The van der Waals surface area contributed by atoms with Crippen LogP contribution in [0.5, 0.6) is 5.75 Å². The monoisotopic (exact) mass is 498 g/mol. The molecule has 5 rings (SSSR count). The minimum Gasteiger partial charge on any atom is -0.487 e. The zero-order valence-electron chi connectivity index (χ0n) is 18.8. The van der Waals surface area contributed by atoms with Crippen molar-refractivity contribution in [1.29, 1.82) is 0 Å². The number of sulfonamides is 1. The van der Waals surface area contributed by atoms with Crippen molar-refractivity contribution >= 4 is 32.4 Å². The van der Waals surface area contributed by atoms with Crippen molar-refractivity contribution < 1.29 is 17.9 Å². The van der Waals surface area contributed by atoms with Crippen LogP contribution in [0.25, 0.3) is 0 Å². The number of aromatic nitrogens is 2. The van der Waals surface area contributed by atoms with E-state index in [9.17, 15) is 13.2 Å². The van der Waals surface area contributed by atoms with Gasteiger partial charge in [0.1, 0.15) is 11.4 Å². The zero-order valence-corrected chi connectivity index (χ0v) is 20.4. The molecule has 34 heavy (non-hydrogen) atoms. The van der Waals surface area contributed by atoms with Crippen molar-refractivity contribution in [3.63, 3.8) is 0 Å². The molecule has 3 aromatic rings. The van der Waals surface area contributed by atoms with Gasteiger partial charge >= 0.3 is 0 Å². The predicted octanol–water partition coefficient (Wildman–Crippen LogP) is 4.60. The van der Waals surface area contributed by atoms with E-state index in [1.807, 2.05) is 43.3 Å². The Labute approximate surface area is 202 Å². The Morgan fingerprint density at radius 3 is 2.56 bits per heavy atom. The molecule has 1 amide bonds. The molecule has 1 fully saturated rings. The molecule has 1 saturated carbocycles. The number of para-hydroxylation sites is 1. The highest BCUT2D eigenvalue weighted by Gasteiger charge is 2.43. The van der Waals surface area contributed by atoms with Crippen molar-refractivity contribution in [3.8, 4) is 5.75 Å². The van der Waals surface area contributed by atoms with Crippen LogP contribution in [-0.2, 0) is 10.0 Å². The van der Waals surface area contributed by atoms with Crippen molar-refractivity contribution in [2.75, 3.05) is 5.32 Å². The van der Waals surface area contributed by atoms with Crippen molar-refractivity contribution in [3.05, 3.63) is 65.2 Å². The molecular weight excluding hydrogens is 472 g/mol. The van der Waals surface area contributed by atoms with Gasteiger partial charge < -0.3 is 4.74 Å². The first-order chi connectivity index (χ1) is 16.3. The summed E-state index contributed by atoms with van der Waals surface area (Å²) in [7, 11) is -3.96. The number of benzene rings is 2. The number of fused-ring (bicyclic) bond motifs is 1. The van der Waals surface area contributed by atoms with Crippen molar-refractivity contribution in [2.45, 2.75) is 61.4 Å². The van der Waals surface area contributed by atoms with Crippen LogP contribution in [0.3, 0.4) is 0 Å². The van der Waals surface area contributed by atoms with Crippen LogP contribution in [0.15, 0.2) is 52.9 Å². The SMILES string of the molecule is Cc1ccc(C(=O)Nc2nnc(S(=O)(=O)N[C@H]3CC4(CCCCC4)Oc4ccccc43)s2)cc1. The Kier molecular flexibility index (Phi) is 6.13. The molecule has 1 spiro atoms. The quantitative estimate of drug-likeness (QED) is 0.497. The van der Waals surface area contributed by atoms with Crippen molar-refractivity contribution in [2.24, 2.45) is 0 Å². The highest BCUT2D eigenvalue weighted by Crippen LogP contribution is 2.46. The summed E-state index contributed by atoms with van der Waals surface area (Å²) in [6, 6.07) is 14.2. The van der Waals surface area contributed by atoms with E-state index in [1.54, 1.807) is 12.1 Å². The molecule has 1 aliphatic carbocycles. The van der Waals surface area contributed by atoms with Crippen molar-refractivity contribution in [1.82, 2.24) is 14.9 Å². The Morgan fingerprint density at radius 1 is 1.06 bits per heavy atom. The van der Waals surface area contributed by atoms with Gasteiger partial charge in [0, 0.05) is 17.5 Å². The molecule has 10 heteroatoms. The molecule has 1 aromatic heterocycles. The van der Waals surface area contributed by atoms with Gasteiger partial charge in [-0.1, -0.05) is 53.7 Å². The van der Waals surface area contributed by atoms with Gasteiger partial charge in [-0.15, -0.1) is 10.2 Å². The normalized spacial score (nSPS) is 19.3. The summed E-state index contributed by atoms with van der Waals surface area (Å²) < 4.78 is 35.5. The number of anilines is 1. The Bertz CT molecular complexity index is 1300. The molecule has 0 radical (unpaired) electrons. The fraction of sp³-hybridized carbons (Fsp3) is 0.375. The number of carbonyl (C=O) groups is 1. The molecule has 8 nitrogen and oxygen atoms in total. The molecule has 2 N–H and O–H groups in total. The van der Waals surface area contributed by atoms with Gasteiger partial charge in [-0.25, -0.2) is 13.1 Å². The van der Waals surface area contributed by atoms with E-state index in [-0.39, 0.29) is 21.0 Å². The Morgan fingerprint density at radius 2 is 1.79 bits per heavy atom. The highest BCUT2D eigenvalue weighted by atomic mass is 32.2. The summed E-state index contributed by atoms with van der Waals surface area (Å²) in [4.78, 5) is 12.5. The summed E-state index contributed by atoms with van der Waals surface area (Å²) in [5.41, 5.74) is 1.96. The smallest absolute Gasteiger partial charge is 0.270 e. The molecule has 2 aromatic carbocycles. The highest BCUT2D eigenvalue weighted by molar-refractivity contribution is 7.91.